The van der Waals surface area contributed by atoms with Gasteiger partial charge in [0.15, 0.2) is 11.6 Å². The molecule has 0 N–H and O–H groups in total. The van der Waals surface area contributed by atoms with Crippen molar-refractivity contribution >= 4 is 5.97 Å². The van der Waals surface area contributed by atoms with Crippen LogP contribution in [0.25, 0.3) is 11.3 Å². The molecule has 1 heterocycles. The molecule has 0 atom stereocenters. The Balaban J connectivity index is 1.61. The summed E-state index contributed by atoms with van der Waals surface area (Å²) in [6.45, 7) is 4.26. The summed E-state index contributed by atoms with van der Waals surface area (Å²) in [6.07, 6.45) is 10.8. The van der Waals surface area contributed by atoms with Crippen LogP contribution in [0.15, 0.2) is 54.9 Å². The highest BCUT2D eigenvalue weighted by atomic mass is 19.1. The highest BCUT2D eigenvalue weighted by Crippen LogP contribution is 2.22. The van der Waals surface area contributed by atoms with Crippen LogP contribution in [0.5, 0.6) is 5.75 Å². The van der Waals surface area contributed by atoms with E-state index >= 15 is 0 Å². The molecule has 0 aliphatic rings. The van der Waals surface area contributed by atoms with Crippen molar-refractivity contribution in [2.24, 2.45) is 0 Å². The second-order valence-corrected chi connectivity index (χ2v) is 7.69. The molecule has 0 amide bonds. The third-order valence-electron chi connectivity index (χ3n) is 5.15. The molecule has 0 saturated carbocycles. The fourth-order valence-electron chi connectivity index (χ4n) is 3.36. The minimum Gasteiger partial charge on any atom is -0.420 e. The maximum Gasteiger partial charge on any atom is 0.343 e. The van der Waals surface area contributed by atoms with Crippen LogP contribution in [-0.2, 0) is 12.8 Å². The monoisotopic (exact) mass is 420 g/mol. The first-order valence-corrected chi connectivity index (χ1v) is 11.0. The Morgan fingerprint density at radius 2 is 1.71 bits per heavy atom. The second kappa shape index (κ2) is 11.3. The van der Waals surface area contributed by atoms with Crippen LogP contribution in [0, 0.1) is 5.82 Å². The van der Waals surface area contributed by atoms with Gasteiger partial charge in [-0.25, -0.2) is 9.18 Å². The van der Waals surface area contributed by atoms with Crippen LogP contribution < -0.4 is 4.74 Å². The molecular weight excluding hydrogens is 391 g/mol. The van der Waals surface area contributed by atoms with Crippen LogP contribution in [0.4, 0.5) is 4.39 Å². The van der Waals surface area contributed by atoms with Gasteiger partial charge in [-0.3, -0.25) is 9.97 Å². The van der Waals surface area contributed by atoms with Crippen molar-refractivity contribution in [2.45, 2.75) is 58.8 Å². The molecule has 0 aliphatic heterocycles. The summed E-state index contributed by atoms with van der Waals surface area (Å²) in [5, 5.41) is 0. The van der Waals surface area contributed by atoms with Crippen LogP contribution in [0.2, 0.25) is 0 Å². The summed E-state index contributed by atoms with van der Waals surface area (Å²) >= 11 is 0. The Morgan fingerprint density at radius 3 is 2.35 bits per heavy atom. The van der Waals surface area contributed by atoms with Crippen molar-refractivity contribution in [3.05, 3.63) is 77.5 Å². The number of ether oxygens (including phenoxy) is 1. The molecule has 1 aromatic heterocycles. The predicted molar refractivity (Wildman–Crippen MR) is 121 cm³/mol. The largest absolute Gasteiger partial charge is 0.420 e. The highest BCUT2D eigenvalue weighted by Gasteiger charge is 2.13. The SMILES string of the molecule is CCCCCCc1ccc(OC(=O)c2ccc(-c3cnc(CCC)cn3)cc2)c(F)c1. The number of aryl methyl sites for hydroxylation is 2. The summed E-state index contributed by atoms with van der Waals surface area (Å²) < 4.78 is 19.7. The Labute approximate surface area is 183 Å². The molecule has 3 aromatic rings. The summed E-state index contributed by atoms with van der Waals surface area (Å²) in [4.78, 5) is 21.3. The third kappa shape index (κ3) is 6.45. The summed E-state index contributed by atoms with van der Waals surface area (Å²) in [7, 11) is 0. The van der Waals surface area contributed by atoms with Gasteiger partial charge in [-0.2, -0.15) is 0 Å². The molecule has 0 saturated heterocycles. The van der Waals surface area contributed by atoms with Gasteiger partial charge in [0, 0.05) is 11.8 Å². The van der Waals surface area contributed by atoms with Crippen molar-refractivity contribution in [3.8, 4) is 17.0 Å². The Bertz CT molecular complexity index is 985. The Hall–Kier alpha value is -3.08. The van der Waals surface area contributed by atoms with Crippen molar-refractivity contribution in [2.75, 3.05) is 0 Å². The molecule has 162 valence electrons. The number of aromatic nitrogens is 2. The summed E-state index contributed by atoms with van der Waals surface area (Å²) in [5.41, 5.74) is 3.82. The summed E-state index contributed by atoms with van der Waals surface area (Å²) in [6, 6.07) is 11.7. The van der Waals surface area contributed by atoms with E-state index in [9.17, 15) is 9.18 Å². The van der Waals surface area contributed by atoms with E-state index in [1.165, 1.54) is 25.0 Å². The minimum absolute atomic E-state index is 0.0521. The molecule has 0 radical (unpaired) electrons. The lowest BCUT2D eigenvalue weighted by Crippen LogP contribution is -2.09. The van der Waals surface area contributed by atoms with Crippen LogP contribution in [0.3, 0.4) is 0 Å². The molecule has 4 nitrogen and oxygen atoms in total. The van der Waals surface area contributed by atoms with Crippen molar-refractivity contribution in [1.29, 1.82) is 0 Å². The van der Waals surface area contributed by atoms with E-state index in [1.54, 1.807) is 36.7 Å². The molecule has 0 unspecified atom stereocenters. The van der Waals surface area contributed by atoms with Gasteiger partial charge in [0.25, 0.3) is 0 Å². The number of nitrogens with zero attached hydrogens (tertiary/aromatic N) is 2. The zero-order valence-corrected chi connectivity index (χ0v) is 18.2. The van der Waals surface area contributed by atoms with E-state index in [4.69, 9.17) is 4.74 Å². The number of rotatable bonds is 10. The first-order chi connectivity index (χ1) is 15.1. The molecule has 31 heavy (non-hydrogen) atoms. The fraction of sp³-hybridized carbons (Fsp3) is 0.346. The molecule has 2 aromatic carbocycles. The maximum absolute atomic E-state index is 14.4. The molecule has 0 bridgehead atoms. The maximum atomic E-state index is 14.4. The van der Waals surface area contributed by atoms with Crippen molar-refractivity contribution < 1.29 is 13.9 Å². The minimum atomic E-state index is -0.592. The molecule has 5 heteroatoms. The predicted octanol–water partition coefficient (Wildman–Crippen LogP) is 6.58. The topological polar surface area (TPSA) is 52.1 Å². The number of carbonyl (C=O) groups excluding carboxylic acids is 1. The van der Waals surface area contributed by atoms with E-state index in [0.717, 1.165) is 54.6 Å². The second-order valence-electron chi connectivity index (χ2n) is 7.69. The molecule has 0 spiro atoms. The van der Waals surface area contributed by atoms with Crippen molar-refractivity contribution in [3.63, 3.8) is 0 Å². The zero-order chi connectivity index (χ0) is 22.1. The Kier molecular flexibility index (Phi) is 8.27. The van der Waals surface area contributed by atoms with E-state index < -0.39 is 11.8 Å². The van der Waals surface area contributed by atoms with Gasteiger partial charge >= 0.3 is 5.97 Å². The van der Waals surface area contributed by atoms with E-state index in [0.29, 0.717) is 5.56 Å². The van der Waals surface area contributed by atoms with Gasteiger partial charge in [0.05, 0.1) is 23.1 Å². The van der Waals surface area contributed by atoms with Crippen LogP contribution >= 0.6 is 0 Å². The van der Waals surface area contributed by atoms with Crippen molar-refractivity contribution in [1.82, 2.24) is 9.97 Å². The van der Waals surface area contributed by atoms with Crippen LogP contribution in [0.1, 0.15) is 67.6 Å². The van der Waals surface area contributed by atoms with E-state index in [-0.39, 0.29) is 5.75 Å². The third-order valence-corrected chi connectivity index (χ3v) is 5.15. The molecule has 0 fully saturated rings. The first-order valence-electron chi connectivity index (χ1n) is 11.0. The lowest BCUT2D eigenvalue weighted by molar-refractivity contribution is 0.0728. The van der Waals surface area contributed by atoms with Gasteiger partial charge in [-0.15, -0.1) is 0 Å². The molecular formula is C26H29FN2O2. The Morgan fingerprint density at radius 1 is 0.903 bits per heavy atom. The lowest BCUT2D eigenvalue weighted by atomic mass is 10.1. The molecule has 0 aliphatic carbocycles. The van der Waals surface area contributed by atoms with Gasteiger partial charge in [-0.05, 0) is 49.1 Å². The average molecular weight is 421 g/mol. The number of unbranched alkanes of at least 4 members (excludes halogenated alkanes) is 3. The smallest absolute Gasteiger partial charge is 0.343 e. The lowest BCUT2D eigenvalue weighted by Gasteiger charge is -2.08. The number of esters is 1. The summed E-state index contributed by atoms with van der Waals surface area (Å²) in [5.74, 6) is -1.16. The molecule has 3 rings (SSSR count). The average Bonchev–Trinajstić information content (AvgIpc) is 2.79. The highest BCUT2D eigenvalue weighted by molar-refractivity contribution is 5.91. The number of hydrogen-bond donors (Lipinski definition) is 0. The van der Waals surface area contributed by atoms with Gasteiger partial charge in [-0.1, -0.05) is 57.7 Å². The van der Waals surface area contributed by atoms with Gasteiger partial charge in [0.2, 0.25) is 0 Å². The van der Waals surface area contributed by atoms with Gasteiger partial charge in [0.1, 0.15) is 0 Å². The zero-order valence-electron chi connectivity index (χ0n) is 18.2. The quantitative estimate of drug-likeness (QED) is 0.211. The first kappa shape index (κ1) is 22.6. The number of hydrogen-bond acceptors (Lipinski definition) is 4. The standard InChI is InChI=1S/C26H29FN2O2/c1-3-5-6-7-9-19-10-15-25(23(27)16-19)31-26(30)21-13-11-20(12-14-21)24-18-28-22(8-4-2)17-29-24/h10-18H,3-9H2,1-2H3. The van der Waals surface area contributed by atoms with Gasteiger partial charge < -0.3 is 4.74 Å². The fourth-order valence-corrected chi connectivity index (χ4v) is 3.36. The van der Waals surface area contributed by atoms with E-state index in [2.05, 4.69) is 23.8 Å². The van der Waals surface area contributed by atoms with Crippen LogP contribution in [-0.4, -0.2) is 15.9 Å². The number of benzene rings is 2. The van der Waals surface area contributed by atoms with E-state index in [1.807, 2.05) is 6.07 Å². The normalized spacial score (nSPS) is 10.8. The number of carbonyl (C=O) groups is 1. The number of halogens is 1.